The van der Waals surface area contributed by atoms with Gasteiger partial charge in [0, 0.05) is 13.1 Å². The van der Waals surface area contributed by atoms with E-state index >= 15 is 0 Å². The summed E-state index contributed by atoms with van der Waals surface area (Å²) in [6.45, 7) is 7.84. The molecule has 2 aliphatic rings. The van der Waals surface area contributed by atoms with Gasteiger partial charge in [-0.15, -0.1) is 0 Å². The number of benzene rings is 2. The standard InChI is InChI=1S/C25H31N3O/c1-4-5-6-22-17-27(16-20-11-7-18(2)8-12-20)25(29)24-15-23(26-28(22)24)21-13-9-19(3)10-14-21/h7-15,22-23,26H,4-6,16-17H2,1-3H3. The van der Waals surface area contributed by atoms with Gasteiger partial charge >= 0.3 is 0 Å². The molecule has 0 bridgehead atoms. The van der Waals surface area contributed by atoms with Gasteiger partial charge in [-0.25, -0.2) is 5.43 Å². The van der Waals surface area contributed by atoms with Crippen molar-refractivity contribution in [1.82, 2.24) is 15.3 Å². The molecule has 4 heteroatoms. The van der Waals surface area contributed by atoms with Crippen LogP contribution in [0.5, 0.6) is 0 Å². The van der Waals surface area contributed by atoms with Gasteiger partial charge in [-0.1, -0.05) is 79.4 Å². The van der Waals surface area contributed by atoms with Gasteiger partial charge in [0.05, 0.1) is 12.1 Å². The normalized spacial score (nSPS) is 21.3. The van der Waals surface area contributed by atoms with Crippen LogP contribution in [0.4, 0.5) is 0 Å². The van der Waals surface area contributed by atoms with Gasteiger partial charge < -0.3 is 4.90 Å². The van der Waals surface area contributed by atoms with E-state index in [9.17, 15) is 4.79 Å². The van der Waals surface area contributed by atoms with Crippen LogP contribution in [0.1, 0.15) is 54.5 Å². The maximum absolute atomic E-state index is 13.3. The lowest BCUT2D eigenvalue weighted by atomic mass is 10.0. The SMILES string of the molecule is CCCCC1CN(Cc2ccc(C)cc2)C(=O)C2=CC(c3ccc(C)cc3)NN21. The fraction of sp³-hybridized carbons (Fsp3) is 0.400. The topological polar surface area (TPSA) is 35.6 Å². The van der Waals surface area contributed by atoms with Gasteiger partial charge in [-0.05, 0) is 37.5 Å². The quantitative estimate of drug-likeness (QED) is 0.781. The minimum Gasteiger partial charge on any atom is -0.331 e. The first kappa shape index (κ1) is 19.7. The molecule has 2 aromatic rings. The third-order valence-electron chi connectivity index (χ3n) is 5.99. The lowest BCUT2D eigenvalue weighted by Crippen LogP contribution is -2.56. The van der Waals surface area contributed by atoms with Crippen molar-refractivity contribution in [3.63, 3.8) is 0 Å². The molecule has 1 fully saturated rings. The molecule has 2 aromatic carbocycles. The lowest BCUT2D eigenvalue weighted by Gasteiger charge is -2.41. The molecule has 4 nitrogen and oxygen atoms in total. The van der Waals surface area contributed by atoms with Crippen LogP contribution in [-0.4, -0.2) is 28.4 Å². The summed E-state index contributed by atoms with van der Waals surface area (Å²) in [6.07, 6.45) is 5.51. The van der Waals surface area contributed by atoms with E-state index < -0.39 is 0 Å². The van der Waals surface area contributed by atoms with Crippen molar-refractivity contribution in [2.24, 2.45) is 0 Å². The summed E-state index contributed by atoms with van der Waals surface area (Å²) in [6, 6.07) is 17.4. The van der Waals surface area contributed by atoms with Crippen LogP contribution in [-0.2, 0) is 11.3 Å². The van der Waals surface area contributed by atoms with Crippen LogP contribution >= 0.6 is 0 Å². The first-order valence-corrected chi connectivity index (χ1v) is 10.7. The summed E-state index contributed by atoms with van der Waals surface area (Å²) in [5.74, 6) is 0.125. The zero-order chi connectivity index (χ0) is 20.4. The number of carbonyl (C=O) groups is 1. The van der Waals surface area contributed by atoms with Crippen LogP contribution in [0.15, 0.2) is 60.3 Å². The zero-order valence-electron chi connectivity index (χ0n) is 17.7. The smallest absolute Gasteiger partial charge is 0.271 e. The number of hydrogen-bond acceptors (Lipinski definition) is 3. The molecule has 1 N–H and O–H groups in total. The number of unbranched alkanes of at least 4 members (excludes halogenated alkanes) is 1. The lowest BCUT2D eigenvalue weighted by molar-refractivity contribution is -0.135. The van der Waals surface area contributed by atoms with E-state index in [-0.39, 0.29) is 11.9 Å². The molecule has 2 atom stereocenters. The van der Waals surface area contributed by atoms with Gasteiger partial charge in [-0.2, -0.15) is 0 Å². The van der Waals surface area contributed by atoms with Crippen LogP contribution in [0.2, 0.25) is 0 Å². The van der Waals surface area contributed by atoms with Crippen molar-refractivity contribution in [3.05, 3.63) is 82.6 Å². The molecule has 1 amide bonds. The fourth-order valence-electron chi connectivity index (χ4n) is 4.21. The Morgan fingerprint density at radius 2 is 1.66 bits per heavy atom. The number of fused-ring (bicyclic) bond motifs is 1. The number of nitrogens with one attached hydrogen (secondary N) is 1. The highest BCUT2D eigenvalue weighted by Gasteiger charge is 2.40. The number of piperazine rings is 1. The Kier molecular flexibility index (Phi) is 5.72. The van der Waals surface area contributed by atoms with Crippen molar-refractivity contribution < 1.29 is 4.79 Å². The van der Waals surface area contributed by atoms with Crippen molar-refractivity contribution >= 4 is 5.91 Å². The highest BCUT2D eigenvalue weighted by atomic mass is 16.2. The maximum Gasteiger partial charge on any atom is 0.271 e. The van der Waals surface area contributed by atoms with E-state index in [1.54, 1.807) is 0 Å². The fourth-order valence-corrected chi connectivity index (χ4v) is 4.21. The monoisotopic (exact) mass is 389 g/mol. The van der Waals surface area contributed by atoms with Crippen LogP contribution in [0.3, 0.4) is 0 Å². The summed E-state index contributed by atoms with van der Waals surface area (Å²) < 4.78 is 0. The van der Waals surface area contributed by atoms with Gasteiger partial charge in [0.1, 0.15) is 5.70 Å². The van der Waals surface area contributed by atoms with E-state index in [4.69, 9.17) is 0 Å². The molecule has 0 spiro atoms. The van der Waals surface area contributed by atoms with Crippen molar-refractivity contribution in [2.45, 2.75) is 58.7 Å². The first-order valence-electron chi connectivity index (χ1n) is 10.7. The molecule has 4 rings (SSSR count). The molecule has 2 heterocycles. The number of hydrazine groups is 1. The molecule has 2 unspecified atom stereocenters. The first-order chi connectivity index (χ1) is 14.0. The molecular formula is C25H31N3O. The summed E-state index contributed by atoms with van der Waals surface area (Å²) in [7, 11) is 0. The van der Waals surface area contributed by atoms with Crippen molar-refractivity contribution in [3.8, 4) is 0 Å². The third-order valence-corrected chi connectivity index (χ3v) is 5.99. The van der Waals surface area contributed by atoms with E-state index in [0.29, 0.717) is 12.6 Å². The second-order valence-corrected chi connectivity index (χ2v) is 8.41. The second kappa shape index (κ2) is 8.42. The van der Waals surface area contributed by atoms with Gasteiger partial charge in [-0.3, -0.25) is 9.80 Å². The molecule has 0 radical (unpaired) electrons. The molecule has 0 saturated carbocycles. The largest absolute Gasteiger partial charge is 0.331 e. The molecule has 152 valence electrons. The molecule has 2 aliphatic heterocycles. The minimum atomic E-state index is 0.0537. The summed E-state index contributed by atoms with van der Waals surface area (Å²) >= 11 is 0. The molecule has 0 aliphatic carbocycles. The molecule has 0 aromatic heterocycles. The number of rotatable bonds is 6. The minimum absolute atomic E-state index is 0.0537. The predicted molar refractivity (Wildman–Crippen MR) is 117 cm³/mol. The van der Waals surface area contributed by atoms with Crippen molar-refractivity contribution in [2.75, 3.05) is 6.54 Å². The average Bonchev–Trinajstić information content (AvgIpc) is 3.17. The number of aryl methyl sites for hydroxylation is 2. The maximum atomic E-state index is 13.3. The second-order valence-electron chi connectivity index (χ2n) is 8.41. The van der Waals surface area contributed by atoms with Gasteiger partial charge in [0.15, 0.2) is 0 Å². The zero-order valence-corrected chi connectivity index (χ0v) is 17.7. The third kappa shape index (κ3) is 4.23. The Bertz CT molecular complexity index is 885. The highest BCUT2D eigenvalue weighted by molar-refractivity contribution is 5.94. The number of carbonyl (C=O) groups excluding carboxylic acids is 1. The van der Waals surface area contributed by atoms with Crippen LogP contribution in [0.25, 0.3) is 0 Å². The Hall–Kier alpha value is -2.59. The van der Waals surface area contributed by atoms with E-state index in [2.05, 4.69) is 85.8 Å². The van der Waals surface area contributed by atoms with E-state index in [1.165, 1.54) is 22.3 Å². The predicted octanol–water partition coefficient (Wildman–Crippen LogP) is 4.65. The van der Waals surface area contributed by atoms with E-state index in [0.717, 1.165) is 31.5 Å². The Labute approximate surface area is 174 Å². The highest BCUT2D eigenvalue weighted by Crippen LogP contribution is 2.32. The van der Waals surface area contributed by atoms with E-state index in [1.807, 2.05) is 4.90 Å². The Morgan fingerprint density at radius 1 is 1.00 bits per heavy atom. The molecule has 1 saturated heterocycles. The van der Waals surface area contributed by atoms with Gasteiger partial charge in [0.2, 0.25) is 0 Å². The van der Waals surface area contributed by atoms with Crippen LogP contribution in [0, 0.1) is 13.8 Å². The van der Waals surface area contributed by atoms with Gasteiger partial charge in [0.25, 0.3) is 5.91 Å². The Morgan fingerprint density at radius 3 is 2.31 bits per heavy atom. The Balaban J connectivity index is 1.58. The molecule has 29 heavy (non-hydrogen) atoms. The number of hydrogen-bond donors (Lipinski definition) is 1. The summed E-state index contributed by atoms with van der Waals surface area (Å²) in [5.41, 5.74) is 9.28. The van der Waals surface area contributed by atoms with Crippen LogP contribution < -0.4 is 5.43 Å². The summed E-state index contributed by atoms with van der Waals surface area (Å²) in [4.78, 5) is 15.3. The number of nitrogens with zero attached hydrogens (tertiary/aromatic N) is 2. The summed E-state index contributed by atoms with van der Waals surface area (Å²) in [5, 5.41) is 2.15. The molecular weight excluding hydrogens is 358 g/mol. The van der Waals surface area contributed by atoms with Crippen molar-refractivity contribution in [1.29, 1.82) is 0 Å². The average molecular weight is 390 g/mol. The number of amides is 1.